The Morgan fingerprint density at radius 2 is 1.48 bits per heavy atom. The molecule has 0 aliphatic rings. The molecule has 0 aromatic heterocycles. The summed E-state index contributed by atoms with van der Waals surface area (Å²) in [6.07, 6.45) is -1.41. The maximum atomic E-state index is 10.0. The molecule has 0 aliphatic carbocycles. The summed E-state index contributed by atoms with van der Waals surface area (Å²) in [5, 5.41) is 47.7. The van der Waals surface area contributed by atoms with Crippen molar-refractivity contribution in [3.05, 3.63) is 12.3 Å². The van der Waals surface area contributed by atoms with Crippen molar-refractivity contribution >= 4 is 0 Å². The third kappa shape index (κ3) is 6.82. The van der Waals surface area contributed by atoms with Gasteiger partial charge in [-0.2, -0.15) is 0 Å². The lowest BCUT2D eigenvalue weighted by atomic mass is 9.89. The molecule has 0 bridgehead atoms. The van der Waals surface area contributed by atoms with E-state index in [1.807, 2.05) is 0 Å². The van der Waals surface area contributed by atoms with Crippen LogP contribution in [0.5, 0.6) is 0 Å². The van der Waals surface area contributed by atoms with E-state index in [0.717, 1.165) is 0 Å². The van der Waals surface area contributed by atoms with Crippen molar-refractivity contribution in [2.45, 2.75) is 27.1 Å². The minimum Gasteiger partial charge on any atom is -0.497 e. The van der Waals surface area contributed by atoms with Crippen LogP contribution in [0, 0.1) is 16.2 Å². The first-order chi connectivity index (χ1) is 11.6. The van der Waals surface area contributed by atoms with Crippen LogP contribution in [-0.2, 0) is 14.2 Å². The monoisotopic (exact) mass is 366 g/mol. The summed E-state index contributed by atoms with van der Waals surface area (Å²) in [6, 6.07) is 0. The SMILES string of the molecule is C=C(OCC(C)(CO)CO[C@H](O)C(C)(CO)CO)C(C)(CO)COC. The summed E-state index contributed by atoms with van der Waals surface area (Å²) >= 11 is 0. The molecular formula is C17H34O8. The molecule has 0 amide bonds. The first-order valence-corrected chi connectivity index (χ1v) is 8.10. The second-order valence-electron chi connectivity index (χ2n) is 7.47. The Labute approximate surface area is 149 Å². The third-order valence-electron chi connectivity index (χ3n) is 4.37. The van der Waals surface area contributed by atoms with Crippen LogP contribution >= 0.6 is 0 Å². The van der Waals surface area contributed by atoms with E-state index in [0.29, 0.717) is 5.76 Å². The zero-order chi connectivity index (χ0) is 19.7. The fourth-order valence-electron chi connectivity index (χ4n) is 1.79. The molecule has 0 saturated carbocycles. The van der Waals surface area contributed by atoms with Crippen molar-refractivity contribution in [1.29, 1.82) is 0 Å². The van der Waals surface area contributed by atoms with Crippen LogP contribution in [0.15, 0.2) is 12.3 Å². The standard InChI is InChI=1S/C17H34O8/c1-13(17(4,9-21)12-23-5)24-10-15(2,6-18)11-25-14(22)16(3,7-19)8-20/h14,18-22H,1,6-12H2,2-5H3/t14-,15?,17?/m0/s1. The van der Waals surface area contributed by atoms with Gasteiger partial charge in [0.1, 0.15) is 0 Å². The number of aliphatic hydroxyl groups is 5. The first kappa shape index (κ1) is 24.3. The summed E-state index contributed by atoms with van der Waals surface area (Å²) < 4.78 is 16.0. The lowest BCUT2D eigenvalue weighted by molar-refractivity contribution is -0.211. The molecule has 8 nitrogen and oxygen atoms in total. The molecule has 0 aliphatic heterocycles. The number of rotatable bonds is 14. The Bertz CT molecular complexity index is 398. The van der Waals surface area contributed by atoms with Crippen LogP contribution in [0.2, 0.25) is 0 Å². The summed E-state index contributed by atoms with van der Waals surface area (Å²) in [5.41, 5.74) is -2.86. The van der Waals surface area contributed by atoms with Crippen LogP contribution in [0.3, 0.4) is 0 Å². The smallest absolute Gasteiger partial charge is 0.164 e. The molecule has 0 aromatic rings. The molecule has 0 spiro atoms. The van der Waals surface area contributed by atoms with Gasteiger partial charge in [0.2, 0.25) is 0 Å². The number of methoxy groups -OCH3 is 1. The number of hydrogen-bond donors (Lipinski definition) is 5. The number of hydrogen-bond acceptors (Lipinski definition) is 8. The molecule has 3 atom stereocenters. The minimum atomic E-state index is -1.41. The predicted octanol–water partition coefficient (Wildman–Crippen LogP) is -0.514. The lowest BCUT2D eigenvalue weighted by Crippen LogP contribution is -2.44. The highest BCUT2D eigenvalue weighted by atomic mass is 16.6. The molecule has 0 heterocycles. The Morgan fingerprint density at radius 1 is 0.920 bits per heavy atom. The Hall–Kier alpha value is -0.740. The maximum Gasteiger partial charge on any atom is 0.164 e. The molecular weight excluding hydrogens is 332 g/mol. The van der Waals surface area contributed by atoms with E-state index >= 15 is 0 Å². The Morgan fingerprint density at radius 3 is 1.88 bits per heavy atom. The van der Waals surface area contributed by atoms with Crippen LogP contribution < -0.4 is 0 Å². The number of aliphatic hydroxyl groups excluding tert-OH is 5. The van der Waals surface area contributed by atoms with Crippen molar-refractivity contribution in [3.63, 3.8) is 0 Å². The molecule has 0 fully saturated rings. The van der Waals surface area contributed by atoms with Crippen LogP contribution in [-0.4, -0.2) is 85.2 Å². The predicted molar refractivity (Wildman–Crippen MR) is 91.6 cm³/mol. The third-order valence-corrected chi connectivity index (χ3v) is 4.37. The molecule has 25 heavy (non-hydrogen) atoms. The molecule has 0 rings (SSSR count). The quantitative estimate of drug-likeness (QED) is 0.205. The fourth-order valence-corrected chi connectivity index (χ4v) is 1.79. The van der Waals surface area contributed by atoms with Crippen molar-refractivity contribution < 1.29 is 39.7 Å². The minimum absolute atomic E-state index is 0.0311. The Kier molecular flexibility index (Phi) is 10.1. The van der Waals surface area contributed by atoms with Gasteiger partial charge in [-0.05, 0) is 6.92 Å². The van der Waals surface area contributed by atoms with Crippen LogP contribution in [0.1, 0.15) is 20.8 Å². The van der Waals surface area contributed by atoms with Crippen LogP contribution in [0.4, 0.5) is 0 Å². The van der Waals surface area contributed by atoms with E-state index in [4.69, 9.17) is 14.2 Å². The molecule has 150 valence electrons. The van der Waals surface area contributed by atoms with E-state index in [-0.39, 0.29) is 33.0 Å². The zero-order valence-corrected chi connectivity index (χ0v) is 15.7. The number of ether oxygens (including phenoxy) is 3. The van der Waals surface area contributed by atoms with Gasteiger partial charge >= 0.3 is 0 Å². The molecule has 0 aromatic carbocycles. The van der Waals surface area contributed by atoms with Gasteiger partial charge < -0.3 is 39.7 Å². The van der Waals surface area contributed by atoms with Crippen molar-refractivity contribution in [2.75, 3.05) is 53.4 Å². The molecule has 0 radical (unpaired) electrons. The summed E-state index contributed by atoms with van der Waals surface area (Å²) in [4.78, 5) is 0. The fraction of sp³-hybridized carbons (Fsp3) is 0.882. The molecule has 2 unspecified atom stereocenters. The highest BCUT2D eigenvalue weighted by Gasteiger charge is 2.36. The maximum absolute atomic E-state index is 10.0. The average Bonchev–Trinajstić information content (AvgIpc) is 2.63. The topological polar surface area (TPSA) is 129 Å². The van der Waals surface area contributed by atoms with Gasteiger partial charge in [0.15, 0.2) is 6.29 Å². The van der Waals surface area contributed by atoms with E-state index in [1.165, 1.54) is 14.0 Å². The summed E-state index contributed by atoms with van der Waals surface area (Å²) in [7, 11) is 1.51. The Balaban J connectivity index is 4.77. The largest absolute Gasteiger partial charge is 0.497 e. The molecule has 5 N–H and O–H groups in total. The first-order valence-electron chi connectivity index (χ1n) is 8.10. The van der Waals surface area contributed by atoms with Gasteiger partial charge in [0, 0.05) is 12.5 Å². The second kappa shape index (κ2) is 10.4. The molecule has 0 saturated heterocycles. The van der Waals surface area contributed by atoms with E-state index in [1.54, 1.807) is 13.8 Å². The highest BCUT2D eigenvalue weighted by Crippen LogP contribution is 2.29. The van der Waals surface area contributed by atoms with Gasteiger partial charge in [0.25, 0.3) is 0 Å². The lowest BCUT2D eigenvalue weighted by Gasteiger charge is -2.35. The van der Waals surface area contributed by atoms with E-state index in [2.05, 4.69) is 6.58 Å². The average molecular weight is 366 g/mol. The van der Waals surface area contributed by atoms with E-state index in [9.17, 15) is 25.5 Å². The van der Waals surface area contributed by atoms with E-state index < -0.39 is 35.7 Å². The molecule has 8 heteroatoms. The van der Waals surface area contributed by atoms with Gasteiger partial charge in [-0.25, -0.2) is 0 Å². The normalized spacial score (nSPS) is 18.3. The van der Waals surface area contributed by atoms with Crippen molar-refractivity contribution in [1.82, 2.24) is 0 Å². The second-order valence-corrected chi connectivity index (χ2v) is 7.47. The van der Waals surface area contributed by atoms with Gasteiger partial charge in [0.05, 0.1) is 62.8 Å². The summed E-state index contributed by atoms with van der Waals surface area (Å²) in [6.45, 7) is 7.48. The van der Waals surface area contributed by atoms with Crippen molar-refractivity contribution in [3.8, 4) is 0 Å². The van der Waals surface area contributed by atoms with Gasteiger partial charge in [-0.15, -0.1) is 0 Å². The highest BCUT2D eigenvalue weighted by molar-refractivity contribution is 5.02. The van der Waals surface area contributed by atoms with Crippen LogP contribution in [0.25, 0.3) is 0 Å². The van der Waals surface area contributed by atoms with Gasteiger partial charge in [-0.1, -0.05) is 20.4 Å². The van der Waals surface area contributed by atoms with Gasteiger partial charge in [-0.3, -0.25) is 0 Å². The summed E-state index contributed by atoms with van der Waals surface area (Å²) in [5.74, 6) is 0.313. The zero-order valence-electron chi connectivity index (χ0n) is 15.7. The van der Waals surface area contributed by atoms with Crippen molar-refractivity contribution in [2.24, 2.45) is 16.2 Å².